The molecule has 0 unspecified atom stereocenters. The Morgan fingerprint density at radius 2 is 1.68 bits per heavy atom. The molecule has 2 aromatic carbocycles. The minimum atomic E-state index is -4.75. The van der Waals surface area contributed by atoms with Crippen LogP contribution in [0, 0.1) is 0 Å². The van der Waals surface area contributed by atoms with Gasteiger partial charge in [-0.3, -0.25) is 14.9 Å². The zero-order chi connectivity index (χ0) is 25.2. The largest absolute Gasteiger partial charge is 0.490 e. The summed E-state index contributed by atoms with van der Waals surface area (Å²) in [4.78, 5) is 38.2. The molecule has 0 aliphatic carbocycles. The molecule has 2 aromatic rings. The summed E-state index contributed by atoms with van der Waals surface area (Å²) in [5.41, 5.74) is -1.94. The monoisotopic (exact) mass is 516 g/mol. The average molecular weight is 517 g/mol. The molecule has 1 heterocycles. The van der Waals surface area contributed by atoms with Crippen molar-refractivity contribution in [2.45, 2.75) is 20.0 Å². The summed E-state index contributed by atoms with van der Waals surface area (Å²) in [6.07, 6.45) is -3.62. The molecule has 0 saturated carbocycles. The minimum Gasteiger partial charge on any atom is -0.490 e. The first-order valence-corrected chi connectivity index (χ1v) is 10.6. The summed E-state index contributed by atoms with van der Waals surface area (Å²) in [7, 11) is 0. The number of nitrogens with one attached hydrogen (secondary N) is 1. The third-order valence-corrected chi connectivity index (χ3v) is 5.15. The Morgan fingerprint density at radius 3 is 2.29 bits per heavy atom. The number of benzene rings is 2. The molecule has 0 radical (unpaired) electrons. The fourth-order valence-electron chi connectivity index (χ4n) is 3.12. The first-order chi connectivity index (χ1) is 16.0. The van der Waals surface area contributed by atoms with E-state index < -0.39 is 40.8 Å². The number of halogens is 5. The van der Waals surface area contributed by atoms with Gasteiger partial charge >= 0.3 is 12.2 Å². The second-order valence-electron chi connectivity index (χ2n) is 6.82. The zero-order valence-electron chi connectivity index (χ0n) is 17.8. The number of urea groups is 1. The van der Waals surface area contributed by atoms with Crippen LogP contribution < -0.4 is 19.7 Å². The van der Waals surface area contributed by atoms with E-state index in [0.29, 0.717) is 23.6 Å². The SMILES string of the molecule is CCOc1cc(/C=C2/C(=O)NC(=O)N(c3cc(C(F)(F)F)ccc3Cl)C2=O)cc(Cl)c1OCC. The van der Waals surface area contributed by atoms with Crippen molar-refractivity contribution in [2.75, 3.05) is 18.1 Å². The molecular formula is C22H17Cl2F3N2O5. The maximum absolute atomic E-state index is 13.2. The molecule has 7 nitrogen and oxygen atoms in total. The molecule has 0 atom stereocenters. The van der Waals surface area contributed by atoms with E-state index in [0.717, 1.165) is 12.1 Å². The number of imide groups is 2. The lowest BCUT2D eigenvalue weighted by Gasteiger charge is -2.27. The molecule has 0 aromatic heterocycles. The Morgan fingerprint density at radius 1 is 1.00 bits per heavy atom. The van der Waals surface area contributed by atoms with Crippen molar-refractivity contribution in [3.05, 3.63) is 57.1 Å². The summed E-state index contributed by atoms with van der Waals surface area (Å²) in [6.45, 7) is 4.05. The third kappa shape index (κ3) is 5.13. The predicted octanol–water partition coefficient (Wildman–Crippen LogP) is 5.48. The maximum atomic E-state index is 13.2. The first kappa shape index (κ1) is 25.4. The highest BCUT2D eigenvalue weighted by Crippen LogP contribution is 2.39. The molecule has 1 aliphatic rings. The number of carbonyl (C=O) groups excluding carboxylic acids is 3. The van der Waals surface area contributed by atoms with Crippen LogP contribution in [-0.4, -0.2) is 31.1 Å². The molecular weight excluding hydrogens is 500 g/mol. The van der Waals surface area contributed by atoms with Crippen LogP contribution in [0.25, 0.3) is 6.08 Å². The van der Waals surface area contributed by atoms with Crippen LogP contribution >= 0.6 is 23.2 Å². The molecule has 34 heavy (non-hydrogen) atoms. The van der Waals surface area contributed by atoms with Gasteiger partial charge < -0.3 is 9.47 Å². The van der Waals surface area contributed by atoms with E-state index in [1.165, 1.54) is 12.1 Å². The number of alkyl halides is 3. The number of rotatable bonds is 6. The number of hydrogen-bond donors (Lipinski definition) is 1. The lowest BCUT2D eigenvalue weighted by Crippen LogP contribution is -2.54. The Balaban J connectivity index is 2.09. The Labute approximate surface area is 202 Å². The van der Waals surface area contributed by atoms with Gasteiger partial charge in [0.2, 0.25) is 0 Å². The van der Waals surface area contributed by atoms with E-state index in [-0.39, 0.29) is 33.7 Å². The second kappa shape index (κ2) is 9.94. The number of barbiturate groups is 1. The van der Waals surface area contributed by atoms with Crippen LogP contribution in [0.15, 0.2) is 35.9 Å². The lowest BCUT2D eigenvalue weighted by molar-refractivity contribution is -0.137. The number of carbonyl (C=O) groups is 3. The Hall–Kier alpha value is -3.24. The van der Waals surface area contributed by atoms with Gasteiger partial charge in [-0.1, -0.05) is 23.2 Å². The van der Waals surface area contributed by atoms with Gasteiger partial charge in [0.1, 0.15) is 5.57 Å². The van der Waals surface area contributed by atoms with Crippen molar-refractivity contribution in [1.29, 1.82) is 0 Å². The molecule has 1 aliphatic heterocycles. The van der Waals surface area contributed by atoms with Crippen molar-refractivity contribution < 1.29 is 37.0 Å². The van der Waals surface area contributed by atoms with E-state index >= 15 is 0 Å². The highest BCUT2D eigenvalue weighted by molar-refractivity contribution is 6.42. The van der Waals surface area contributed by atoms with Crippen LogP contribution in [0.5, 0.6) is 11.5 Å². The van der Waals surface area contributed by atoms with Gasteiger partial charge in [-0.05, 0) is 55.8 Å². The van der Waals surface area contributed by atoms with Crippen molar-refractivity contribution >= 4 is 52.8 Å². The highest BCUT2D eigenvalue weighted by Gasteiger charge is 2.39. The van der Waals surface area contributed by atoms with E-state index in [2.05, 4.69) is 0 Å². The molecule has 4 amide bonds. The molecule has 180 valence electrons. The maximum Gasteiger partial charge on any atom is 0.416 e. The van der Waals surface area contributed by atoms with Gasteiger partial charge in [-0.25, -0.2) is 9.69 Å². The Bertz CT molecular complexity index is 1200. The van der Waals surface area contributed by atoms with Gasteiger partial charge in [0.25, 0.3) is 11.8 Å². The quantitative estimate of drug-likeness (QED) is 0.406. The minimum absolute atomic E-state index is 0.136. The predicted molar refractivity (Wildman–Crippen MR) is 119 cm³/mol. The molecule has 0 bridgehead atoms. The van der Waals surface area contributed by atoms with Gasteiger partial charge in [0, 0.05) is 0 Å². The molecule has 3 rings (SSSR count). The summed E-state index contributed by atoms with van der Waals surface area (Å²) in [5.74, 6) is -1.70. The van der Waals surface area contributed by atoms with E-state index in [1.807, 2.05) is 5.32 Å². The zero-order valence-corrected chi connectivity index (χ0v) is 19.3. The number of ether oxygens (including phenoxy) is 2. The van der Waals surface area contributed by atoms with E-state index in [4.69, 9.17) is 32.7 Å². The van der Waals surface area contributed by atoms with Gasteiger partial charge in [0.15, 0.2) is 11.5 Å². The lowest BCUT2D eigenvalue weighted by atomic mass is 10.1. The number of anilines is 1. The van der Waals surface area contributed by atoms with E-state index in [1.54, 1.807) is 13.8 Å². The van der Waals surface area contributed by atoms with Crippen molar-refractivity contribution in [2.24, 2.45) is 0 Å². The normalized spacial score (nSPS) is 15.6. The number of hydrogen-bond acceptors (Lipinski definition) is 5. The fourth-order valence-corrected chi connectivity index (χ4v) is 3.60. The van der Waals surface area contributed by atoms with Crippen LogP contribution in [0.2, 0.25) is 10.0 Å². The fraction of sp³-hybridized carbons (Fsp3) is 0.227. The summed E-state index contributed by atoms with van der Waals surface area (Å²) >= 11 is 12.2. The smallest absolute Gasteiger partial charge is 0.416 e. The van der Waals surface area contributed by atoms with Crippen LogP contribution in [0.3, 0.4) is 0 Å². The third-order valence-electron chi connectivity index (χ3n) is 4.55. The molecule has 1 N–H and O–H groups in total. The van der Waals surface area contributed by atoms with Gasteiger partial charge in [0.05, 0.1) is 34.5 Å². The van der Waals surface area contributed by atoms with Crippen molar-refractivity contribution in [3.63, 3.8) is 0 Å². The first-order valence-electron chi connectivity index (χ1n) is 9.85. The molecule has 1 fully saturated rings. The molecule has 0 spiro atoms. The summed E-state index contributed by atoms with van der Waals surface area (Å²) < 4.78 is 50.5. The number of nitrogens with zero attached hydrogens (tertiary/aromatic N) is 1. The van der Waals surface area contributed by atoms with Crippen LogP contribution in [-0.2, 0) is 15.8 Å². The van der Waals surface area contributed by atoms with Crippen molar-refractivity contribution in [1.82, 2.24) is 5.32 Å². The molecule has 1 saturated heterocycles. The van der Waals surface area contributed by atoms with Gasteiger partial charge in [-0.15, -0.1) is 0 Å². The summed E-state index contributed by atoms with van der Waals surface area (Å²) in [5, 5.41) is 1.77. The average Bonchev–Trinajstić information content (AvgIpc) is 2.74. The second-order valence-corrected chi connectivity index (χ2v) is 7.63. The topological polar surface area (TPSA) is 84.9 Å². The van der Waals surface area contributed by atoms with Crippen LogP contribution in [0.1, 0.15) is 25.0 Å². The molecule has 12 heteroatoms. The Kier molecular flexibility index (Phi) is 7.42. The van der Waals surface area contributed by atoms with E-state index in [9.17, 15) is 27.6 Å². The number of amides is 4. The van der Waals surface area contributed by atoms with Gasteiger partial charge in [-0.2, -0.15) is 13.2 Å². The van der Waals surface area contributed by atoms with Crippen molar-refractivity contribution in [3.8, 4) is 11.5 Å². The highest BCUT2D eigenvalue weighted by atomic mass is 35.5. The van der Waals surface area contributed by atoms with Crippen LogP contribution in [0.4, 0.5) is 23.7 Å². The standard InChI is InChI=1S/C22H17Cl2F3N2O5/c1-3-33-17-9-11(8-15(24)18(17)34-4-2)7-13-19(30)28-21(32)29(20(13)31)16-10-12(22(25,26)27)5-6-14(16)23/h5-10H,3-4H2,1-2H3,(H,28,30,32)/b13-7-. The summed E-state index contributed by atoms with van der Waals surface area (Å²) in [6, 6.07) is 3.78.